The minimum absolute atomic E-state index is 0.0438. The van der Waals surface area contributed by atoms with E-state index in [4.69, 9.17) is 0 Å². The molecule has 4 nitrogen and oxygen atoms in total. The van der Waals surface area contributed by atoms with E-state index in [0.717, 1.165) is 28.5 Å². The Labute approximate surface area is 188 Å². The van der Waals surface area contributed by atoms with Crippen LogP contribution in [0.3, 0.4) is 0 Å². The van der Waals surface area contributed by atoms with Crippen molar-refractivity contribution in [3.05, 3.63) is 108 Å². The van der Waals surface area contributed by atoms with Gasteiger partial charge in [0.2, 0.25) is 5.91 Å². The van der Waals surface area contributed by atoms with E-state index in [2.05, 4.69) is 10.6 Å². The molecule has 0 atom stereocenters. The molecule has 0 aliphatic rings. The maximum absolute atomic E-state index is 12.8. The quantitative estimate of drug-likeness (QED) is 0.377. The maximum atomic E-state index is 12.8. The minimum Gasteiger partial charge on any atom is -0.326 e. The first-order chi connectivity index (χ1) is 15.8. The van der Waals surface area contributed by atoms with Gasteiger partial charge in [-0.25, -0.2) is 0 Å². The fourth-order valence-corrected chi connectivity index (χ4v) is 3.51. The van der Waals surface area contributed by atoms with Gasteiger partial charge in [-0.3, -0.25) is 9.59 Å². The molecule has 4 rings (SSSR count). The fourth-order valence-electron chi connectivity index (χ4n) is 3.51. The van der Waals surface area contributed by atoms with E-state index >= 15 is 0 Å². The van der Waals surface area contributed by atoms with E-state index in [9.17, 15) is 22.8 Å². The number of rotatable bonds is 5. The molecule has 0 aromatic heterocycles. The number of amides is 2. The maximum Gasteiger partial charge on any atom is 0.416 e. The van der Waals surface area contributed by atoms with E-state index in [1.54, 1.807) is 12.1 Å². The Morgan fingerprint density at radius 1 is 0.727 bits per heavy atom. The number of alkyl halides is 3. The van der Waals surface area contributed by atoms with Crippen LogP contribution in [0.15, 0.2) is 91.0 Å². The van der Waals surface area contributed by atoms with Crippen LogP contribution in [0.2, 0.25) is 0 Å². The van der Waals surface area contributed by atoms with Crippen molar-refractivity contribution in [1.82, 2.24) is 0 Å². The molecule has 0 unspecified atom stereocenters. The number of benzene rings is 4. The predicted molar refractivity (Wildman–Crippen MR) is 122 cm³/mol. The van der Waals surface area contributed by atoms with E-state index in [0.29, 0.717) is 5.69 Å². The Morgan fingerprint density at radius 2 is 1.42 bits per heavy atom. The van der Waals surface area contributed by atoms with E-state index in [1.807, 2.05) is 42.5 Å². The lowest BCUT2D eigenvalue weighted by molar-refractivity contribution is -0.137. The average Bonchev–Trinajstić information content (AvgIpc) is 2.79. The van der Waals surface area contributed by atoms with Crippen LogP contribution in [0.4, 0.5) is 24.5 Å². The summed E-state index contributed by atoms with van der Waals surface area (Å²) in [4.78, 5) is 24.9. The number of fused-ring (bicyclic) bond motifs is 1. The lowest BCUT2D eigenvalue weighted by Gasteiger charge is -2.11. The second kappa shape index (κ2) is 9.16. The zero-order chi connectivity index (χ0) is 23.4. The smallest absolute Gasteiger partial charge is 0.326 e. The van der Waals surface area contributed by atoms with Crippen LogP contribution in [-0.4, -0.2) is 11.8 Å². The molecule has 0 bridgehead atoms. The monoisotopic (exact) mass is 448 g/mol. The Kier molecular flexibility index (Phi) is 6.13. The van der Waals surface area contributed by atoms with Crippen molar-refractivity contribution in [2.75, 3.05) is 10.6 Å². The standard InChI is InChI=1S/C26H19F3N2O2/c27-26(28,29)20-8-4-9-22(16-20)31-25(33)18-11-13-21(14-12-18)30-24(32)15-19-7-3-6-17-5-1-2-10-23(17)19/h1-14,16H,15H2,(H,30,32)(H,31,33). The van der Waals surface area contributed by atoms with Crippen molar-refractivity contribution < 1.29 is 22.8 Å². The van der Waals surface area contributed by atoms with Crippen molar-refractivity contribution in [3.8, 4) is 0 Å². The molecule has 4 aromatic carbocycles. The number of hydrogen-bond acceptors (Lipinski definition) is 2. The Hall–Kier alpha value is -4.13. The number of carbonyl (C=O) groups excluding carboxylic acids is 2. The summed E-state index contributed by atoms with van der Waals surface area (Å²) in [6, 6.07) is 24.2. The summed E-state index contributed by atoms with van der Waals surface area (Å²) in [7, 11) is 0. The van der Waals surface area contributed by atoms with Crippen LogP contribution >= 0.6 is 0 Å². The first kappa shape index (κ1) is 22.1. The Morgan fingerprint density at radius 3 is 2.18 bits per heavy atom. The molecule has 0 saturated heterocycles. The van der Waals surface area contributed by atoms with Gasteiger partial charge in [-0.15, -0.1) is 0 Å². The largest absolute Gasteiger partial charge is 0.416 e. The highest BCUT2D eigenvalue weighted by atomic mass is 19.4. The molecule has 0 aliphatic heterocycles. The van der Waals surface area contributed by atoms with E-state index < -0.39 is 17.6 Å². The highest BCUT2D eigenvalue weighted by Gasteiger charge is 2.30. The van der Waals surface area contributed by atoms with Crippen LogP contribution in [0.25, 0.3) is 10.8 Å². The number of carbonyl (C=O) groups is 2. The molecule has 4 aromatic rings. The summed E-state index contributed by atoms with van der Waals surface area (Å²) in [6.45, 7) is 0. The van der Waals surface area contributed by atoms with Crippen LogP contribution in [0.1, 0.15) is 21.5 Å². The summed E-state index contributed by atoms with van der Waals surface area (Å²) >= 11 is 0. The Bertz CT molecular complexity index is 1310. The first-order valence-corrected chi connectivity index (χ1v) is 10.1. The third-order valence-electron chi connectivity index (χ3n) is 5.11. The van der Waals surface area contributed by atoms with Gasteiger partial charge >= 0.3 is 6.18 Å². The lowest BCUT2D eigenvalue weighted by Crippen LogP contribution is -2.15. The van der Waals surface area contributed by atoms with Gasteiger partial charge in [-0.2, -0.15) is 13.2 Å². The van der Waals surface area contributed by atoms with Gasteiger partial charge in [-0.05, 0) is 58.8 Å². The first-order valence-electron chi connectivity index (χ1n) is 10.1. The molecular formula is C26H19F3N2O2. The van der Waals surface area contributed by atoms with Gasteiger partial charge in [0.05, 0.1) is 12.0 Å². The summed E-state index contributed by atoms with van der Waals surface area (Å²) < 4.78 is 38.5. The molecular weight excluding hydrogens is 429 g/mol. The Balaban J connectivity index is 1.40. The third kappa shape index (κ3) is 5.38. The van der Waals surface area contributed by atoms with Crippen molar-refractivity contribution in [2.45, 2.75) is 12.6 Å². The van der Waals surface area contributed by atoms with Gasteiger partial charge in [0.1, 0.15) is 0 Å². The van der Waals surface area contributed by atoms with Crippen LogP contribution < -0.4 is 10.6 Å². The summed E-state index contributed by atoms with van der Waals surface area (Å²) in [5.41, 5.74) is 0.866. The van der Waals surface area contributed by atoms with Crippen LogP contribution in [0.5, 0.6) is 0 Å². The van der Waals surface area contributed by atoms with Gasteiger partial charge in [-0.1, -0.05) is 48.5 Å². The molecule has 0 fully saturated rings. The topological polar surface area (TPSA) is 58.2 Å². The summed E-state index contributed by atoms with van der Waals surface area (Å²) in [5, 5.41) is 7.32. The molecule has 0 radical (unpaired) electrons. The second-order valence-corrected chi connectivity index (χ2v) is 7.47. The van der Waals surface area contributed by atoms with Gasteiger partial charge in [0.15, 0.2) is 0 Å². The van der Waals surface area contributed by atoms with Gasteiger partial charge in [0.25, 0.3) is 5.91 Å². The molecule has 0 saturated carbocycles. The zero-order valence-electron chi connectivity index (χ0n) is 17.3. The highest BCUT2D eigenvalue weighted by molar-refractivity contribution is 6.04. The third-order valence-corrected chi connectivity index (χ3v) is 5.11. The number of halogens is 3. The molecule has 2 amide bonds. The molecule has 166 valence electrons. The van der Waals surface area contributed by atoms with Crippen molar-refractivity contribution >= 4 is 34.0 Å². The fraction of sp³-hybridized carbons (Fsp3) is 0.0769. The SMILES string of the molecule is O=C(Cc1cccc2ccccc12)Nc1ccc(C(=O)Nc2cccc(C(F)(F)F)c2)cc1. The number of nitrogens with one attached hydrogen (secondary N) is 2. The summed E-state index contributed by atoms with van der Waals surface area (Å²) in [5.74, 6) is -0.754. The predicted octanol–water partition coefficient (Wildman–Crippen LogP) is 6.29. The molecule has 7 heteroatoms. The minimum atomic E-state index is -4.49. The lowest BCUT2D eigenvalue weighted by atomic mass is 10.0. The second-order valence-electron chi connectivity index (χ2n) is 7.47. The summed E-state index contributed by atoms with van der Waals surface area (Å²) in [6.07, 6.45) is -4.30. The van der Waals surface area contributed by atoms with Crippen molar-refractivity contribution in [3.63, 3.8) is 0 Å². The van der Waals surface area contributed by atoms with Crippen molar-refractivity contribution in [2.24, 2.45) is 0 Å². The highest BCUT2D eigenvalue weighted by Crippen LogP contribution is 2.30. The number of anilines is 2. The average molecular weight is 448 g/mol. The molecule has 0 heterocycles. The van der Waals surface area contributed by atoms with E-state index in [1.165, 1.54) is 24.3 Å². The molecule has 0 aliphatic carbocycles. The zero-order valence-corrected chi connectivity index (χ0v) is 17.3. The molecule has 0 spiro atoms. The van der Waals surface area contributed by atoms with Crippen molar-refractivity contribution in [1.29, 1.82) is 0 Å². The van der Waals surface area contributed by atoms with Gasteiger partial charge < -0.3 is 10.6 Å². The molecule has 2 N–H and O–H groups in total. The van der Waals surface area contributed by atoms with Crippen LogP contribution in [-0.2, 0) is 17.4 Å². The van der Waals surface area contributed by atoms with Gasteiger partial charge in [0, 0.05) is 16.9 Å². The van der Waals surface area contributed by atoms with E-state index in [-0.39, 0.29) is 23.6 Å². The number of hydrogen-bond donors (Lipinski definition) is 2. The normalized spacial score (nSPS) is 11.2. The molecule has 33 heavy (non-hydrogen) atoms. The van der Waals surface area contributed by atoms with Crippen LogP contribution in [0, 0.1) is 0 Å².